The summed E-state index contributed by atoms with van der Waals surface area (Å²) in [5.41, 5.74) is 3.82. The molecule has 1 aromatic carbocycles. The Hall–Kier alpha value is -2.28. The van der Waals surface area contributed by atoms with Crippen LogP contribution in [0.3, 0.4) is 0 Å². The summed E-state index contributed by atoms with van der Waals surface area (Å²) in [5, 5.41) is 6.87. The molecular weight excluding hydrogens is 392 g/mol. The van der Waals surface area contributed by atoms with Gasteiger partial charge < -0.3 is 20.0 Å². The number of hydrogen-bond acceptors (Lipinski definition) is 5. The molecule has 1 aromatic heterocycles. The third-order valence-corrected chi connectivity index (χ3v) is 6.78. The van der Waals surface area contributed by atoms with Gasteiger partial charge in [-0.3, -0.25) is 4.99 Å². The normalized spacial score (nSPS) is 17.7. The maximum Gasteiger partial charge on any atom is 0.194 e. The van der Waals surface area contributed by atoms with Crippen LogP contribution in [0.5, 0.6) is 0 Å². The zero-order valence-electron chi connectivity index (χ0n) is 18.3. The van der Waals surface area contributed by atoms with E-state index in [1.807, 2.05) is 0 Å². The molecule has 2 aliphatic heterocycles. The molecule has 0 radical (unpaired) electrons. The predicted molar refractivity (Wildman–Crippen MR) is 128 cm³/mol. The van der Waals surface area contributed by atoms with Crippen LogP contribution in [-0.2, 0) is 6.42 Å². The first kappa shape index (κ1) is 21.0. The SMILES string of the molecule is CCNC(=NCCc1csc(N2CCCC2)n1)N1CCN(c2cccc(C)c2)CC1. The van der Waals surface area contributed by atoms with Crippen molar-refractivity contribution in [1.82, 2.24) is 15.2 Å². The quantitative estimate of drug-likeness (QED) is 0.567. The lowest BCUT2D eigenvalue weighted by atomic mass is 10.2. The van der Waals surface area contributed by atoms with Crippen LogP contribution < -0.4 is 15.1 Å². The summed E-state index contributed by atoms with van der Waals surface area (Å²) in [4.78, 5) is 17.0. The second kappa shape index (κ2) is 10.2. The van der Waals surface area contributed by atoms with E-state index in [2.05, 4.69) is 63.5 Å². The van der Waals surface area contributed by atoms with E-state index >= 15 is 0 Å². The third kappa shape index (κ3) is 5.25. The van der Waals surface area contributed by atoms with Crippen molar-refractivity contribution in [2.24, 2.45) is 4.99 Å². The van der Waals surface area contributed by atoms with E-state index in [0.717, 1.165) is 64.7 Å². The van der Waals surface area contributed by atoms with Crippen molar-refractivity contribution in [2.75, 3.05) is 62.2 Å². The molecule has 0 unspecified atom stereocenters. The van der Waals surface area contributed by atoms with Gasteiger partial charge in [-0.2, -0.15) is 0 Å². The number of piperazine rings is 1. The molecule has 6 nitrogen and oxygen atoms in total. The number of guanidine groups is 1. The highest BCUT2D eigenvalue weighted by molar-refractivity contribution is 7.13. The highest BCUT2D eigenvalue weighted by Gasteiger charge is 2.20. The lowest BCUT2D eigenvalue weighted by Crippen LogP contribution is -2.52. The summed E-state index contributed by atoms with van der Waals surface area (Å²) < 4.78 is 0. The summed E-state index contributed by atoms with van der Waals surface area (Å²) in [7, 11) is 0. The van der Waals surface area contributed by atoms with Crippen molar-refractivity contribution in [3.63, 3.8) is 0 Å². The Bertz CT molecular complexity index is 834. The van der Waals surface area contributed by atoms with Crippen LogP contribution in [-0.4, -0.2) is 68.2 Å². The van der Waals surface area contributed by atoms with Gasteiger partial charge in [0.2, 0.25) is 0 Å². The smallest absolute Gasteiger partial charge is 0.194 e. The van der Waals surface area contributed by atoms with Crippen molar-refractivity contribution in [3.8, 4) is 0 Å². The fourth-order valence-electron chi connectivity index (χ4n) is 4.17. The third-order valence-electron chi connectivity index (χ3n) is 5.83. The maximum absolute atomic E-state index is 4.92. The molecule has 2 aliphatic rings. The average Bonchev–Trinajstić information content (AvgIpc) is 3.45. The van der Waals surface area contributed by atoms with Gasteiger partial charge in [-0.1, -0.05) is 12.1 Å². The van der Waals surface area contributed by atoms with E-state index in [9.17, 15) is 0 Å². The number of rotatable bonds is 6. The first-order valence-electron chi connectivity index (χ1n) is 11.3. The fourth-order valence-corrected chi connectivity index (χ4v) is 5.08. The Morgan fingerprint density at radius 2 is 1.90 bits per heavy atom. The topological polar surface area (TPSA) is 47.0 Å². The van der Waals surface area contributed by atoms with Gasteiger partial charge in [0.1, 0.15) is 0 Å². The summed E-state index contributed by atoms with van der Waals surface area (Å²) in [6, 6.07) is 8.80. The molecule has 0 aliphatic carbocycles. The van der Waals surface area contributed by atoms with E-state index in [0.29, 0.717) is 0 Å². The molecular formula is C23H34N6S. The van der Waals surface area contributed by atoms with Gasteiger partial charge in [-0.15, -0.1) is 11.3 Å². The molecule has 0 atom stereocenters. The highest BCUT2D eigenvalue weighted by Crippen LogP contribution is 2.24. The van der Waals surface area contributed by atoms with Crippen molar-refractivity contribution < 1.29 is 0 Å². The highest BCUT2D eigenvalue weighted by atomic mass is 32.1. The van der Waals surface area contributed by atoms with E-state index in [-0.39, 0.29) is 0 Å². The molecule has 162 valence electrons. The van der Waals surface area contributed by atoms with Gasteiger partial charge in [0, 0.05) is 69.8 Å². The Labute approximate surface area is 184 Å². The van der Waals surface area contributed by atoms with Crippen LogP contribution in [0.2, 0.25) is 0 Å². The lowest BCUT2D eigenvalue weighted by Gasteiger charge is -2.37. The standard InChI is InChI=1S/C23H34N6S/c1-3-24-22(25-10-9-20-18-30-23(26-20)29-11-4-5-12-29)28-15-13-27(14-16-28)21-8-6-7-19(2)17-21/h6-8,17-18H,3-5,9-16H2,1-2H3,(H,24,25). The predicted octanol–water partition coefficient (Wildman–Crippen LogP) is 3.38. The summed E-state index contributed by atoms with van der Waals surface area (Å²) >= 11 is 1.78. The second-order valence-corrected chi connectivity index (χ2v) is 8.95. The molecule has 30 heavy (non-hydrogen) atoms. The molecule has 3 heterocycles. The molecule has 2 fully saturated rings. The number of thiazole rings is 1. The first-order chi connectivity index (χ1) is 14.7. The fraction of sp³-hybridized carbons (Fsp3) is 0.565. The largest absolute Gasteiger partial charge is 0.368 e. The van der Waals surface area contributed by atoms with Gasteiger partial charge in [0.25, 0.3) is 0 Å². The zero-order valence-corrected chi connectivity index (χ0v) is 19.1. The first-order valence-corrected chi connectivity index (χ1v) is 12.1. The van der Waals surface area contributed by atoms with E-state index in [1.165, 1.54) is 34.9 Å². The number of nitrogens with zero attached hydrogens (tertiary/aromatic N) is 5. The van der Waals surface area contributed by atoms with E-state index in [1.54, 1.807) is 11.3 Å². The van der Waals surface area contributed by atoms with Gasteiger partial charge in [0.05, 0.1) is 5.69 Å². The number of nitrogens with one attached hydrogen (secondary N) is 1. The minimum absolute atomic E-state index is 0.781. The molecule has 0 amide bonds. The molecule has 0 bridgehead atoms. The molecule has 1 N–H and O–H groups in total. The molecule has 2 aromatic rings. The Balaban J connectivity index is 1.30. The minimum Gasteiger partial charge on any atom is -0.368 e. The van der Waals surface area contributed by atoms with Gasteiger partial charge in [0.15, 0.2) is 11.1 Å². The summed E-state index contributed by atoms with van der Waals surface area (Å²) in [5.74, 6) is 1.04. The van der Waals surface area contributed by atoms with Crippen LogP contribution in [0, 0.1) is 6.92 Å². The molecule has 2 saturated heterocycles. The number of aryl methyl sites for hydroxylation is 1. The van der Waals surface area contributed by atoms with Crippen LogP contribution in [0.15, 0.2) is 34.6 Å². The molecule has 0 saturated carbocycles. The average molecular weight is 427 g/mol. The molecule has 4 rings (SSSR count). The summed E-state index contributed by atoms with van der Waals surface area (Å²) in [6.07, 6.45) is 3.49. The number of aliphatic imine (C=N–C) groups is 1. The van der Waals surface area contributed by atoms with E-state index < -0.39 is 0 Å². The molecule has 0 spiro atoms. The number of benzene rings is 1. The Morgan fingerprint density at radius 3 is 2.63 bits per heavy atom. The Kier molecular flexibility index (Phi) is 7.10. The minimum atomic E-state index is 0.781. The van der Waals surface area contributed by atoms with Crippen LogP contribution in [0.1, 0.15) is 31.0 Å². The summed E-state index contributed by atoms with van der Waals surface area (Å²) in [6.45, 7) is 12.3. The maximum atomic E-state index is 4.92. The van der Waals surface area contributed by atoms with Crippen LogP contribution >= 0.6 is 11.3 Å². The van der Waals surface area contributed by atoms with Crippen molar-refractivity contribution in [2.45, 2.75) is 33.1 Å². The van der Waals surface area contributed by atoms with Gasteiger partial charge in [-0.05, 0) is 44.4 Å². The van der Waals surface area contributed by atoms with Gasteiger partial charge in [-0.25, -0.2) is 4.98 Å². The van der Waals surface area contributed by atoms with E-state index in [4.69, 9.17) is 9.98 Å². The van der Waals surface area contributed by atoms with Gasteiger partial charge >= 0.3 is 0 Å². The monoisotopic (exact) mass is 426 g/mol. The second-order valence-electron chi connectivity index (χ2n) is 8.11. The van der Waals surface area contributed by atoms with Crippen molar-refractivity contribution in [1.29, 1.82) is 0 Å². The number of anilines is 2. The Morgan fingerprint density at radius 1 is 1.10 bits per heavy atom. The lowest BCUT2D eigenvalue weighted by molar-refractivity contribution is 0.372. The van der Waals surface area contributed by atoms with Crippen LogP contribution in [0.25, 0.3) is 0 Å². The number of aromatic nitrogens is 1. The van der Waals surface area contributed by atoms with Crippen LogP contribution in [0.4, 0.5) is 10.8 Å². The molecule has 7 heteroatoms. The number of hydrogen-bond donors (Lipinski definition) is 1. The van der Waals surface area contributed by atoms with Crippen molar-refractivity contribution in [3.05, 3.63) is 40.9 Å². The zero-order chi connectivity index (χ0) is 20.8. The van der Waals surface area contributed by atoms with Crippen molar-refractivity contribution >= 4 is 28.1 Å².